The number of aromatic nitrogens is 3. The Morgan fingerprint density at radius 1 is 1.24 bits per heavy atom. The fraction of sp³-hybridized carbons (Fsp3) is 0.375. The molecule has 1 saturated heterocycles. The highest BCUT2D eigenvalue weighted by molar-refractivity contribution is 6.09. The van der Waals surface area contributed by atoms with Gasteiger partial charge in [-0.05, 0) is 30.9 Å². The fourth-order valence-corrected chi connectivity index (χ4v) is 3.26. The van der Waals surface area contributed by atoms with E-state index in [4.69, 9.17) is 0 Å². The molecule has 0 amide bonds. The van der Waals surface area contributed by atoms with Gasteiger partial charge in [0, 0.05) is 48.5 Å². The van der Waals surface area contributed by atoms with E-state index in [0.717, 1.165) is 42.5 Å². The van der Waals surface area contributed by atoms with Crippen molar-refractivity contribution in [3.8, 4) is 0 Å². The largest absolute Gasteiger partial charge is 0.396 e. The molecule has 1 fully saturated rings. The number of hydrogen-bond acceptors (Lipinski definition) is 4. The standard InChI is InChI=1S/C16H18N4O/c21-10-11-3-7-20(8-4-11)14-2-6-17-13-9-19-16-12(15(13)14)1-5-18-16/h1-2,5-6,9,11,21H,3-4,7-8,10H2,(H,18,19). The molecule has 0 saturated carbocycles. The van der Waals surface area contributed by atoms with Crippen molar-refractivity contribution in [2.45, 2.75) is 12.8 Å². The summed E-state index contributed by atoms with van der Waals surface area (Å²) in [4.78, 5) is 14.4. The Labute approximate surface area is 122 Å². The Morgan fingerprint density at radius 2 is 2.10 bits per heavy atom. The summed E-state index contributed by atoms with van der Waals surface area (Å²) in [5, 5.41) is 11.6. The van der Waals surface area contributed by atoms with Crippen LogP contribution in [0.25, 0.3) is 21.9 Å². The van der Waals surface area contributed by atoms with Gasteiger partial charge in [0.1, 0.15) is 5.65 Å². The summed E-state index contributed by atoms with van der Waals surface area (Å²) in [6, 6.07) is 4.16. The predicted octanol–water partition coefficient (Wildman–Crippen LogP) is 2.32. The molecule has 5 nitrogen and oxygen atoms in total. The van der Waals surface area contributed by atoms with Crippen LogP contribution in [0.4, 0.5) is 5.69 Å². The number of rotatable bonds is 2. The maximum absolute atomic E-state index is 9.29. The average molecular weight is 282 g/mol. The Balaban J connectivity index is 1.83. The van der Waals surface area contributed by atoms with Crippen LogP contribution < -0.4 is 4.90 Å². The van der Waals surface area contributed by atoms with Gasteiger partial charge in [0.15, 0.2) is 0 Å². The molecule has 4 heterocycles. The predicted molar refractivity (Wildman–Crippen MR) is 83.4 cm³/mol. The SMILES string of the molecule is OCC1CCN(c2ccnc3cnc4[nH]ccc4c23)CC1. The minimum atomic E-state index is 0.302. The summed E-state index contributed by atoms with van der Waals surface area (Å²) >= 11 is 0. The van der Waals surface area contributed by atoms with E-state index in [9.17, 15) is 5.11 Å². The van der Waals surface area contributed by atoms with Gasteiger partial charge in [-0.3, -0.25) is 4.98 Å². The quantitative estimate of drug-likeness (QED) is 0.757. The van der Waals surface area contributed by atoms with E-state index < -0.39 is 0 Å². The van der Waals surface area contributed by atoms with Gasteiger partial charge in [0.25, 0.3) is 0 Å². The zero-order chi connectivity index (χ0) is 14.2. The zero-order valence-corrected chi connectivity index (χ0v) is 11.8. The lowest BCUT2D eigenvalue weighted by Gasteiger charge is -2.33. The maximum Gasteiger partial charge on any atom is 0.138 e. The van der Waals surface area contributed by atoms with Crippen molar-refractivity contribution in [2.24, 2.45) is 5.92 Å². The van der Waals surface area contributed by atoms with Crippen molar-refractivity contribution in [1.82, 2.24) is 15.0 Å². The molecule has 108 valence electrons. The summed E-state index contributed by atoms with van der Waals surface area (Å²) < 4.78 is 0. The van der Waals surface area contributed by atoms with Crippen LogP contribution in [0.15, 0.2) is 30.7 Å². The number of hydrogen-bond donors (Lipinski definition) is 2. The van der Waals surface area contributed by atoms with Gasteiger partial charge in [-0.15, -0.1) is 0 Å². The molecule has 0 unspecified atom stereocenters. The van der Waals surface area contributed by atoms with E-state index in [1.807, 2.05) is 18.6 Å². The second-order valence-corrected chi connectivity index (χ2v) is 5.70. The Kier molecular flexibility index (Phi) is 3.00. The number of aromatic amines is 1. The number of aliphatic hydroxyl groups is 1. The molecule has 1 aliphatic heterocycles. The van der Waals surface area contributed by atoms with E-state index in [2.05, 4.69) is 32.0 Å². The first-order chi connectivity index (χ1) is 10.4. The molecule has 3 aromatic heterocycles. The smallest absolute Gasteiger partial charge is 0.138 e. The van der Waals surface area contributed by atoms with Crippen LogP contribution in [-0.2, 0) is 0 Å². The van der Waals surface area contributed by atoms with E-state index in [1.165, 1.54) is 11.1 Å². The third-order valence-electron chi connectivity index (χ3n) is 4.48. The van der Waals surface area contributed by atoms with E-state index in [1.54, 1.807) is 0 Å². The molecule has 0 atom stereocenters. The fourth-order valence-electron chi connectivity index (χ4n) is 3.26. The number of nitrogens with zero attached hydrogens (tertiary/aromatic N) is 3. The van der Waals surface area contributed by atoms with Crippen LogP contribution in [0.1, 0.15) is 12.8 Å². The molecule has 0 spiro atoms. The second kappa shape index (κ2) is 5.00. The first-order valence-electron chi connectivity index (χ1n) is 7.43. The van der Waals surface area contributed by atoms with E-state index >= 15 is 0 Å². The van der Waals surface area contributed by atoms with E-state index in [0.29, 0.717) is 12.5 Å². The topological polar surface area (TPSA) is 65.0 Å². The lowest BCUT2D eigenvalue weighted by atomic mass is 9.97. The van der Waals surface area contributed by atoms with Gasteiger partial charge in [0.2, 0.25) is 0 Å². The number of anilines is 1. The lowest BCUT2D eigenvalue weighted by Crippen LogP contribution is -2.34. The molecule has 21 heavy (non-hydrogen) atoms. The Morgan fingerprint density at radius 3 is 2.90 bits per heavy atom. The minimum absolute atomic E-state index is 0.302. The number of fused-ring (bicyclic) bond motifs is 3. The van der Waals surface area contributed by atoms with Crippen molar-refractivity contribution in [3.63, 3.8) is 0 Å². The maximum atomic E-state index is 9.29. The summed E-state index contributed by atoms with van der Waals surface area (Å²) in [6.07, 6.45) is 7.70. The molecule has 3 aromatic rings. The van der Waals surface area contributed by atoms with Crippen molar-refractivity contribution >= 4 is 27.6 Å². The van der Waals surface area contributed by atoms with Crippen LogP contribution in [-0.4, -0.2) is 39.8 Å². The van der Waals surface area contributed by atoms with Crippen LogP contribution >= 0.6 is 0 Å². The number of piperidine rings is 1. The monoisotopic (exact) mass is 282 g/mol. The average Bonchev–Trinajstić information content (AvgIpc) is 3.03. The Bertz CT molecular complexity index is 774. The molecule has 5 heteroatoms. The lowest BCUT2D eigenvalue weighted by molar-refractivity contribution is 0.203. The summed E-state index contributed by atoms with van der Waals surface area (Å²) in [7, 11) is 0. The first-order valence-corrected chi connectivity index (χ1v) is 7.43. The highest BCUT2D eigenvalue weighted by Gasteiger charge is 2.21. The minimum Gasteiger partial charge on any atom is -0.396 e. The Hall–Kier alpha value is -2.14. The van der Waals surface area contributed by atoms with Crippen molar-refractivity contribution in [2.75, 3.05) is 24.6 Å². The molecular weight excluding hydrogens is 264 g/mol. The number of nitrogens with one attached hydrogen (secondary N) is 1. The molecule has 0 radical (unpaired) electrons. The van der Waals surface area contributed by atoms with Crippen molar-refractivity contribution in [3.05, 3.63) is 30.7 Å². The highest BCUT2D eigenvalue weighted by Crippen LogP contribution is 2.33. The highest BCUT2D eigenvalue weighted by atomic mass is 16.3. The second-order valence-electron chi connectivity index (χ2n) is 5.70. The third kappa shape index (κ3) is 2.05. The van der Waals surface area contributed by atoms with Gasteiger partial charge < -0.3 is 15.0 Å². The first kappa shape index (κ1) is 12.6. The molecule has 0 aromatic carbocycles. The van der Waals surface area contributed by atoms with Gasteiger partial charge in [-0.1, -0.05) is 0 Å². The van der Waals surface area contributed by atoms with Gasteiger partial charge in [-0.25, -0.2) is 4.98 Å². The van der Waals surface area contributed by atoms with Gasteiger partial charge in [0.05, 0.1) is 11.7 Å². The summed E-state index contributed by atoms with van der Waals surface area (Å²) in [6.45, 7) is 2.27. The third-order valence-corrected chi connectivity index (χ3v) is 4.48. The molecule has 0 bridgehead atoms. The number of pyridine rings is 2. The molecule has 1 aliphatic rings. The molecule has 4 rings (SSSR count). The molecule has 0 aliphatic carbocycles. The summed E-state index contributed by atoms with van der Waals surface area (Å²) in [5.41, 5.74) is 3.06. The summed E-state index contributed by atoms with van der Waals surface area (Å²) in [5.74, 6) is 0.447. The molecular formula is C16H18N4O. The van der Waals surface area contributed by atoms with Crippen LogP contribution in [0.2, 0.25) is 0 Å². The number of aliphatic hydroxyl groups excluding tert-OH is 1. The zero-order valence-electron chi connectivity index (χ0n) is 11.8. The molecule has 2 N–H and O–H groups in total. The van der Waals surface area contributed by atoms with Crippen molar-refractivity contribution < 1.29 is 5.11 Å². The number of H-pyrrole nitrogens is 1. The van der Waals surface area contributed by atoms with Gasteiger partial charge in [-0.2, -0.15) is 0 Å². The van der Waals surface area contributed by atoms with Crippen LogP contribution in [0.3, 0.4) is 0 Å². The normalized spacial score (nSPS) is 16.9. The van der Waals surface area contributed by atoms with Crippen LogP contribution in [0, 0.1) is 5.92 Å². The van der Waals surface area contributed by atoms with Crippen LogP contribution in [0.5, 0.6) is 0 Å². The van der Waals surface area contributed by atoms with Gasteiger partial charge >= 0.3 is 0 Å². The van der Waals surface area contributed by atoms with Crippen molar-refractivity contribution in [1.29, 1.82) is 0 Å². The van der Waals surface area contributed by atoms with E-state index in [-0.39, 0.29) is 0 Å².